The minimum Gasteiger partial charge on any atom is -0.364 e. The molecular formula is C19H13ClFN3O. The van der Waals surface area contributed by atoms with Crippen LogP contribution in [0.2, 0.25) is 5.02 Å². The quantitative estimate of drug-likeness (QED) is 0.676. The van der Waals surface area contributed by atoms with Crippen LogP contribution in [-0.2, 0) is 0 Å². The number of aryl methyl sites for hydroxylation is 1. The van der Waals surface area contributed by atoms with Gasteiger partial charge in [-0.1, -0.05) is 35.4 Å². The summed E-state index contributed by atoms with van der Waals surface area (Å²) in [4.78, 5) is 14.8. The topological polar surface area (TPSA) is 82.7 Å². The van der Waals surface area contributed by atoms with Crippen LogP contribution in [0.5, 0.6) is 0 Å². The first-order valence-electron chi connectivity index (χ1n) is 7.40. The van der Waals surface area contributed by atoms with Crippen LogP contribution in [0.4, 0.5) is 4.39 Å². The van der Waals surface area contributed by atoms with E-state index in [1.807, 2.05) is 25.1 Å². The molecule has 0 saturated carbocycles. The molecule has 0 radical (unpaired) electrons. The molecule has 4 nitrogen and oxygen atoms in total. The van der Waals surface area contributed by atoms with Crippen molar-refractivity contribution in [1.82, 2.24) is 4.98 Å². The van der Waals surface area contributed by atoms with Crippen molar-refractivity contribution in [2.75, 3.05) is 0 Å². The van der Waals surface area contributed by atoms with E-state index in [0.717, 1.165) is 5.56 Å². The second-order valence-electron chi connectivity index (χ2n) is 5.58. The number of aromatic amines is 1. The Hall–Kier alpha value is -3.10. The van der Waals surface area contributed by atoms with Gasteiger partial charge in [-0.05, 0) is 36.3 Å². The van der Waals surface area contributed by atoms with E-state index in [0.29, 0.717) is 22.2 Å². The summed E-state index contributed by atoms with van der Waals surface area (Å²) in [5.74, 6) is -1.34. The standard InChI is InChI=1S/C19H13ClFN3O/c1-10-4-5-12(11(9-10)3-2-8-22)15-16-14(24-18(15)19(23)25)7-6-13(20)17(16)21/h2-7,9,24H,1H3,(H2,23,25). The van der Waals surface area contributed by atoms with E-state index in [1.165, 1.54) is 12.1 Å². The van der Waals surface area contributed by atoms with Gasteiger partial charge in [0.1, 0.15) is 5.69 Å². The number of fused-ring (bicyclic) bond motifs is 1. The molecule has 6 heteroatoms. The molecular weight excluding hydrogens is 341 g/mol. The van der Waals surface area contributed by atoms with Gasteiger partial charge in [0.2, 0.25) is 0 Å². The summed E-state index contributed by atoms with van der Waals surface area (Å²) in [5, 5.41) is 8.96. The van der Waals surface area contributed by atoms with Crippen molar-refractivity contribution < 1.29 is 9.18 Å². The Bertz CT molecular complexity index is 1080. The maximum absolute atomic E-state index is 14.7. The van der Waals surface area contributed by atoms with Crippen LogP contribution >= 0.6 is 11.6 Å². The van der Waals surface area contributed by atoms with Crippen LogP contribution < -0.4 is 5.73 Å². The van der Waals surface area contributed by atoms with Crippen molar-refractivity contribution >= 4 is 34.5 Å². The highest BCUT2D eigenvalue weighted by Crippen LogP contribution is 2.38. The lowest BCUT2D eigenvalue weighted by molar-refractivity contribution is 0.0997. The number of carbonyl (C=O) groups is 1. The van der Waals surface area contributed by atoms with Gasteiger partial charge in [0, 0.05) is 22.5 Å². The Morgan fingerprint density at radius 2 is 2.12 bits per heavy atom. The number of nitrogens with one attached hydrogen (secondary N) is 1. The van der Waals surface area contributed by atoms with Gasteiger partial charge < -0.3 is 10.7 Å². The van der Waals surface area contributed by atoms with E-state index >= 15 is 0 Å². The van der Waals surface area contributed by atoms with E-state index in [1.54, 1.807) is 18.2 Å². The van der Waals surface area contributed by atoms with Crippen LogP contribution in [-0.4, -0.2) is 10.9 Å². The largest absolute Gasteiger partial charge is 0.364 e. The number of aromatic nitrogens is 1. The third kappa shape index (κ3) is 2.88. The van der Waals surface area contributed by atoms with Crippen LogP contribution in [0.25, 0.3) is 28.1 Å². The molecule has 0 aliphatic rings. The first-order chi connectivity index (χ1) is 11.9. The molecule has 0 fully saturated rings. The molecule has 0 aliphatic carbocycles. The average Bonchev–Trinajstić information content (AvgIpc) is 2.97. The van der Waals surface area contributed by atoms with Gasteiger partial charge in [-0.15, -0.1) is 0 Å². The molecule has 3 rings (SSSR count). The summed E-state index contributed by atoms with van der Waals surface area (Å²) >= 11 is 5.92. The smallest absolute Gasteiger partial charge is 0.265 e. The van der Waals surface area contributed by atoms with Gasteiger partial charge in [-0.3, -0.25) is 4.79 Å². The van der Waals surface area contributed by atoms with Crippen molar-refractivity contribution in [3.05, 3.63) is 64.1 Å². The van der Waals surface area contributed by atoms with E-state index in [9.17, 15) is 9.18 Å². The molecule has 2 aromatic carbocycles. The van der Waals surface area contributed by atoms with E-state index in [4.69, 9.17) is 22.6 Å². The van der Waals surface area contributed by atoms with Gasteiger partial charge in [0.05, 0.1) is 11.1 Å². The third-order valence-electron chi connectivity index (χ3n) is 3.91. The zero-order valence-electron chi connectivity index (χ0n) is 13.2. The molecule has 0 unspecified atom stereocenters. The second-order valence-corrected chi connectivity index (χ2v) is 5.98. The maximum atomic E-state index is 14.7. The number of amides is 1. The van der Waals surface area contributed by atoms with Crippen molar-refractivity contribution in [2.24, 2.45) is 5.73 Å². The number of primary amides is 1. The maximum Gasteiger partial charge on any atom is 0.265 e. The Morgan fingerprint density at radius 1 is 1.36 bits per heavy atom. The molecule has 25 heavy (non-hydrogen) atoms. The highest BCUT2D eigenvalue weighted by Gasteiger charge is 2.22. The lowest BCUT2D eigenvalue weighted by atomic mass is 9.94. The van der Waals surface area contributed by atoms with Crippen LogP contribution in [0.3, 0.4) is 0 Å². The molecule has 124 valence electrons. The van der Waals surface area contributed by atoms with Gasteiger partial charge in [-0.2, -0.15) is 5.26 Å². The Labute approximate surface area is 148 Å². The molecule has 1 amide bonds. The number of rotatable bonds is 3. The van der Waals surface area contributed by atoms with Gasteiger partial charge in [-0.25, -0.2) is 4.39 Å². The lowest BCUT2D eigenvalue weighted by Crippen LogP contribution is -2.12. The Balaban J connectivity index is 2.45. The summed E-state index contributed by atoms with van der Waals surface area (Å²) in [5.41, 5.74) is 8.54. The summed E-state index contributed by atoms with van der Waals surface area (Å²) < 4.78 is 14.7. The number of hydrogen-bond acceptors (Lipinski definition) is 2. The monoisotopic (exact) mass is 353 g/mol. The molecule has 1 heterocycles. The molecule has 0 spiro atoms. The van der Waals surface area contributed by atoms with E-state index in [-0.39, 0.29) is 16.1 Å². The number of allylic oxidation sites excluding steroid dienone is 1. The van der Waals surface area contributed by atoms with Crippen LogP contribution in [0.1, 0.15) is 21.6 Å². The number of hydrogen-bond donors (Lipinski definition) is 2. The molecule has 1 aromatic heterocycles. The van der Waals surface area contributed by atoms with E-state index < -0.39 is 11.7 Å². The zero-order chi connectivity index (χ0) is 18.1. The Kier molecular flexibility index (Phi) is 4.30. The predicted molar refractivity (Wildman–Crippen MR) is 96.6 cm³/mol. The first kappa shape index (κ1) is 16.7. The number of H-pyrrole nitrogens is 1. The fourth-order valence-electron chi connectivity index (χ4n) is 2.85. The van der Waals surface area contributed by atoms with Gasteiger partial charge in [0.15, 0.2) is 5.82 Å². The minimum atomic E-state index is -0.711. The molecule has 3 aromatic rings. The summed E-state index contributed by atoms with van der Waals surface area (Å²) in [6.07, 6.45) is 2.93. The fourth-order valence-corrected chi connectivity index (χ4v) is 3.01. The fraction of sp³-hybridized carbons (Fsp3) is 0.0526. The predicted octanol–water partition coefficient (Wildman–Crippen LogP) is 4.57. The molecule has 0 aliphatic heterocycles. The molecule has 0 bridgehead atoms. The molecule has 0 saturated heterocycles. The first-order valence-corrected chi connectivity index (χ1v) is 7.78. The van der Waals surface area contributed by atoms with E-state index in [2.05, 4.69) is 4.98 Å². The number of nitriles is 1. The molecule has 3 N–H and O–H groups in total. The second kappa shape index (κ2) is 6.42. The summed E-state index contributed by atoms with van der Waals surface area (Å²) in [6, 6.07) is 10.4. The highest BCUT2D eigenvalue weighted by molar-refractivity contribution is 6.32. The number of nitrogens with zero attached hydrogens (tertiary/aromatic N) is 1. The van der Waals surface area contributed by atoms with Crippen LogP contribution in [0.15, 0.2) is 36.4 Å². The third-order valence-corrected chi connectivity index (χ3v) is 4.21. The highest BCUT2D eigenvalue weighted by atomic mass is 35.5. The summed E-state index contributed by atoms with van der Waals surface area (Å²) in [6.45, 7) is 1.90. The summed E-state index contributed by atoms with van der Waals surface area (Å²) in [7, 11) is 0. The van der Waals surface area contributed by atoms with Gasteiger partial charge >= 0.3 is 0 Å². The van der Waals surface area contributed by atoms with Crippen LogP contribution in [0, 0.1) is 24.1 Å². The SMILES string of the molecule is Cc1ccc(-c2c(C(N)=O)[nH]c3ccc(Cl)c(F)c23)c(C=CC#N)c1. The normalized spacial score (nSPS) is 11.1. The van der Waals surface area contributed by atoms with Crippen molar-refractivity contribution in [2.45, 2.75) is 6.92 Å². The van der Waals surface area contributed by atoms with Gasteiger partial charge in [0.25, 0.3) is 5.91 Å². The number of carbonyl (C=O) groups excluding carboxylic acids is 1. The zero-order valence-corrected chi connectivity index (χ0v) is 14.0. The number of benzene rings is 2. The minimum absolute atomic E-state index is 0.0509. The molecule has 0 atom stereocenters. The van der Waals surface area contributed by atoms with Crippen molar-refractivity contribution in [3.63, 3.8) is 0 Å². The average molecular weight is 354 g/mol. The Morgan fingerprint density at radius 3 is 2.80 bits per heavy atom. The van der Waals surface area contributed by atoms with Crippen molar-refractivity contribution in [3.8, 4) is 17.2 Å². The number of nitrogens with two attached hydrogens (primary N) is 1. The number of halogens is 2. The van der Waals surface area contributed by atoms with Crippen molar-refractivity contribution in [1.29, 1.82) is 5.26 Å². The lowest BCUT2D eigenvalue weighted by Gasteiger charge is -2.09.